The molecule has 2 saturated heterocycles. The van der Waals surface area contributed by atoms with Crippen molar-refractivity contribution in [1.29, 1.82) is 0 Å². The van der Waals surface area contributed by atoms with Crippen molar-refractivity contribution in [2.45, 2.75) is 70.9 Å². The fourth-order valence-electron chi connectivity index (χ4n) is 4.41. The van der Waals surface area contributed by atoms with Crippen LogP contribution in [0.25, 0.3) is 0 Å². The minimum Gasteiger partial charge on any atom is -0.491 e. The van der Waals surface area contributed by atoms with E-state index in [-0.39, 0.29) is 12.0 Å². The van der Waals surface area contributed by atoms with Crippen molar-refractivity contribution in [3.63, 3.8) is 0 Å². The van der Waals surface area contributed by atoms with Gasteiger partial charge in [-0.3, -0.25) is 4.79 Å². The lowest BCUT2D eigenvalue weighted by molar-refractivity contribution is -0.121. The van der Waals surface area contributed by atoms with E-state index in [1.54, 1.807) is 0 Å². The molecule has 0 saturated carbocycles. The quantitative estimate of drug-likeness (QED) is 0.806. The van der Waals surface area contributed by atoms with Gasteiger partial charge in [-0.25, -0.2) is 0 Å². The highest BCUT2D eigenvalue weighted by Crippen LogP contribution is 2.30. The van der Waals surface area contributed by atoms with E-state index in [4.69, 9.17) is 4.74 Å². The van der Waals surface area contributed by atoms with Crippen molar-refractivity contribution in [3.8, 4) is 5.75 Å². The zero-order valence-corrected chi connectivity index (χ0v) is 16.4. The number of fused-ring (bicyclic) bond motifs is 1. The van der Waals surface area contributed by atoms with Gasteiger partial charge in [0.25, 0.3) is 0 Å². The van der Waals surface area contributed by atoms with Gasteiger partial charge in [0.05, 0.1) is 6.10 Å². The van der Waals surface area contributed by atoms with Crippen LogP contribution < -0.4 is 10.1 Å². The fourth-order valence-corrected chi connectivity index (χ4v) is 4.41. The van der Waals surface area contributed by atoms with Crippen molar-refractivity contribution < 1.29 is 9.53 Å². The van der Waals surface area contributed by atoms with Crippen LogP contribution in [0.2, 0.25) is 0 Å². The SMILES string of the molecule is CC(C)Oc1ccc(CCC(=O)NC[C@@H]2CCCN3CCCCC23)cc1. The van der Waals surface area contributed by atoms with E-state index in [0.29, 0.717) is 18.4 Å². The maximum absolute atomic E-state index is 12.3. The number of nitrogens with zero attached hydrogens (tertiary/aromatic N) is 1. The highest BCUT2D eigenvalue weighted by atomic mass is 16.5. The maximum Gasteiger partial charge on any atom is 0.220 e. The molecule has 0 aliphatic carbocycles. The predicted octanol–water partition coefficient (Wildman–Crippen LogP) is 3.79. The number of piperidine rings is 2. The van der Waals surface area contributed by atoms with E-state index in [9.17, 15) is 4.79 Å². The van der Waals surface area contributed by atoms with Crippen LogP contribution in [0, 0.1) is 5.92 Å². The highest BCUT2D eigenvalue weighted by Gasteiger charge is 2.32. The minimum absolute atomic E-state index is 0.181. The molecule has 1 N–H and O–H groups in total. The van der Waals surface area contributed by atoms with Crippen molar-refractivity contribution in [2.24, 2.45) is 5.92 Å². The summed E-state index contributed by atoms with van der Waals surface area (Å²) in [5, 5.41) is 3.20. The molecule has 1 aromatic rings. The number of aryl methyl sites for hydroxylation is 1. The van der Waals surface area contributed by atoms with E-state index in [2.05, 4.69) is 22.3 Å². The van der Waals surface area contributed by atoms with Gasteiger partial charge >= 0.3 is 0 Å². The third-order valence-electron chi connectivity index (χ3n) is 5.73. The fraction of sp³-hybridized carbons (Fsp3) is 0.682. The van der Waals surface area contributed by atoms with Gasteiger partial charge < -0.3 is 15.0 Å². The second-order valence-corrected chi connectivity index (χ2v) is 8.12. The lowest BCUT2D eigenvalue weighted by atomic mass is 9.83. The van der Waals surface area contributed by atoms with E-state index in [0.717, 1.165) is 18.7 Å². The van der Waals surface area contributed by atoms with Crippen molar-refractivity contribution in [3.05, 3.63) is 29.8 Å². The summed E-state index contributed by atoms with van der Waals surface area (Å²) in [6.07, 6.45) is 8.08. The van der Waals surface area contributed by atoms with Gasteiger partial charge in [0, 0.05) is 19.0 Å². The Morgan fingerprint density at radius 3 is 2.69 bits per heavy atom. The van der Waals surface area contributed by atoms with Crippen molar-refractivity contribution >= 4 is 5.91 Å². The summed E-state index contributed by atoms with van der Waals surface area (Å²) >= 11 is 0. The Hall–Kier alpha value is -1.55. The normalized spacial score (nSPS) is 23.5. The van der Waals surface area contributed by atoms with Crippen LogP contribution in [0.4, 0.5) is 0 Å². The Morgan fingerprint density at radius 2 is 1.92 bits per heavy atom. The molecule has 2 atom stereocenters. The Morgan fingerprint density at radius 1 is 1.15 bits per heavy atom. The molecule has 4 heteroatoms. The molecule has 1 aromatic carbocycles. The molecule has 0 bridgehead atoms. The molecule has 3 rings (SSSR count). The summed E-state index contributed by atoms with van der Waals surface area (Å²) in [4.78, 5) is 14.9. The standard InChI is InChI=1S/C22H34N2O2/c1-17(2)26-20-11-8-18(9-12-20)10-13-22(25)23-16-19-6-5-15-24-14-4-3-7-21(19)24/h8-9,11-12,17,19,21H,3-7,10,13-16H2,1-2H3,(H,23,25)/t19-,21?/m0/s1. The molecule has 4 nitrogen and oxygen atoms in total. The summed E-state index contributed by atoms with van der Waals surface area (Å²) in [5.74, 6) is 1.71. The van der Waals surface area contributed by atoms with Gasteiger partial charge in [-0.05, 0) is 82.7 Å². The molecule has 26 heavy (non-hydrogen) atoms. The first kappa shape index (κ1) is 19.2. The van der Waals surface area contributed by atoms with Crippen LogP contribution >= 0.6 is 0 Å². The molecule has 1 amide bonds. The third kappa shape index (κ3) is 5.47. The third-order valence-corrected chi connectivity index (χ3v) is 5.73. The first-order valence-electron chi connectivity index (χ1n) is 10.4. The smallest absolute Gasteiger partial charge is 0.220 e. The van der Waals surface area contributed by atoms with Gasteiger partial charge in [-0.1, -0.05) is 18.6 Å². The molecule has 2 aliphatic rings. The number of hydrogen-bond acceptors (Lipinski definition) is 3. The van der Waals surface area contributed by atoms with Crippen LogP contribution in [0.3, 0.4) is 0 Å². The monoisotopic (exact) mass is 358 g/mol. The zero-order valence-electron chi connectivity index (χ0n) is 16.4. The summed E-state index contributed by atoms with van der Waals surface area (Å²) in [7, 11) is 0. The molecule has 1 unspecified atom stereocenters. The van der Waals surface area contributed by atoms with Crippen LogP contribution in [0.1, 0.15) is 57.9 Å². The number of carbonyl (C=O) groups is 1. The van der Waals surface area contributed by atoms with Gasteiger partial charge in [-0.15, -0.1) is 0 Å². The summed E-state index contributed by atoms with van der Waals surface area (Å²) in [6.45, 7) is 7.41. The maximum atomic E-state index is 12.3. The molecule has 2 fully saturated rings. The topological polar surface area (TPSA) is 41.6 Å². The summed E-state index contributed by atoms with van der Waals surface area (Å²) in [5.41, 5.74) is 1.19. The number of hydrogen-bond donors (Lipinski definition) is 1. The number of nitrogens with one attached hydrogen (secondary N) is 1. The van der Waals surface area contributed by atoms with Crippen LogP contribution in [-0.2, 0) is 11.2 Å². The zero-order chi connectivity index (χ0) is 18.4. The van der Waals surface area contributed by atoms with Gasteiger partial charge in [0.2, 0.25) is 5.91 Å². The van der Waals surface area contributed by atoms with Crippen LogP contribution in [0.15, 0.2) is 24.3 Å². The Kier molecular flexibility index (Phi) is 6.95. The van der Waals surface area contributed by atoms with E-state index in [1.165, 1.54) is 50.8 Å². The van der Waals surface area contributed by atoms with Gasteiger partial charge in [-0.2, -0.15) is 0 Å². The molecular weight excluding hydrogens is 324 g/mol. The molecule has 0 spiro atoms. The Balaban J connectivity index is 1.40. The molecular formula is C22H34N2O2. The average molecular weight is 359 g/mol. The van der Waals surface area contributed by atoms with E-state index in [1.807, 2.05) is 26.0 Å². The number of rotatable bonds is 7. The van der Waals surface area contributed by atoms with Crippen molar-refractivity contribution in [1.82, 2.24) is 10.2 Å². The minimum atomic E-state index is 0.181. The molecule has 0 radical (unpaired) electrons. The molecule has 2 heterocycles. The van der Waals surface area contributed by atoms with E-state index >= 15 is 0 Å². The number of benzene rings is 1. The second kappa shape index (κ2) is 9.40. The molecule has 2 aliphatic heterocycles. The Bertz CT molecular complexity index is 568. The molecule has 144 valence electrons. The first-order valence-corrected chi connectivity index (χ1v) is 10.4. The second-order valence-electron chi connectivity index (χ2n) is 8.12. The average Bonchev–Trinajstić information content (AvgIpc) is 2.65. The number of ether oxygens (including phenoxy) is 1. The lowest BCUT2D eigenvalue weighted by Gasteiger charge is -2.44. The van der Waals surface area contributed by atoms with Crippen molar-refractivity contribution in [2.75, 3.05) is 19.6 Å². The highest BCUT2D eigenvalue weighted by molar-refractivity contribution is 5.76. The first-order chi connectivity index (χ1) is 12.6. The number of amides is 1. The Labute approximate surface area is 158 Å². The number of carbonyl (C=O) groups excluding carboxylic acids is 1. The summed E-state index contributed by atoms with van der Waals surface area (Å²) in [6, 6.07) is 8.81. The summed E-state index contributed by atoms with van der Waals surface area (Å²) < 4.78 is 5.66. The lowest BCUT2D eigenvalue weighted by Crippen LogP contribution is -2.51. The molecule has 0 aromatic heterocycles. The van der Waals surface area contributed by atoms with Crippen LogP contribution in [0.5, 0.6) is 5.75 Å². The largest absolute Gasteiger partial charge is 0.491 e. The van der Waals surface area contributed by atoms with Gasteiger partial charge in [0.15, 0.2) is 0 Å². The van der Waals surface area contributed by atoms with E-state index < -0.39 is 0 Å². The van der Waals surface area contributed by atoms with Crippen LogP contribution in [-0.4, -0.2) is 42.6 Å². The van der Waals surface area contributed by atoms with Gasteiger partial charge in [0.1, 0.15) is 5.75 Å². The predicted molar refractivity (Wildman–Crippen MR) is 105 cm³/mol.